The van der Waals surface area contributed by atoms with Crippen LogP contribution in [-0.2, 0) is 14.3 Å². The molecule has 176 valence electrons. The zero-order chi connectivity index (χ0) is 24.6. The first-order valence-electron chi connectivity index (χ1n) is 10.8. The molecule has 0 spiro atoms. The molecule has 0 aliphatic rings. The number of carbonyl (C=O) groups is 2. The fourth-order valence-electron chi connectivity index (χ4n) is 3.39. The molecule has 35 heavy (non-hydrogen) atoms. The number of furan rings is 1. The van der Waals surface area contributed by atoms with E-state index in [1.807, 2.05) is 23.6 Å². The molecule has 3 heterocycles. The monoisotopic (exact) mass is 487 g/mol. The Morgan fingerprint density at radius 3 is 2.63 bits per heavy atom. The molecule has 0 radical (unpaired) electrons. The fraction of sp³-hybridized carbons (Fsp3) is 0.154. The summed E-state index contributed by atoms with van der Waals surface area (Å²) in [7, 11) is 0. The van der Waals surface area contributed by atoms with Gasteiger partial charge in [0.1, 0.15) is 23.9 Å². The summed E-state index contributed by atoms with van der Waals surface area (Å²) >= 11 is 1.48. The van der Waals surface area contributed by atoms with Gasteiger partial charge in [0.05, 0.1) is 23.4 Å². The average Bonchev–Trinajstić information content (AvgIpc) is 3.61. The maximum absolute atomic E-state index is 13.1. The van der Waals surface area contributed by atoms with Crippen molar-refractivity contribution >= 4 is 28.9 Å². The Labute approximate surface area is 206 Å². The highest BCUT2D eigenvalue weighted by atomic mass is 32.1. The van der Waals surface area contributed by atoms with Crippen LogP contribution in [0.1, 0.15) is 12.5 Å². The van der Waals surface area contributed by atoms with E-state index >= 15 is 0 Å². The molecule has 0 saturated carbocycles. The minimum absolute atomic E-state index is 0.00213. The zero-order valence-corrected chi connectivity index (χ0v) is 19.7. The number of anilines is 1. The second-order valence-electron chi connectivity index (χ2n) is 7.21. The van der Waals surface area contributed by atoms with Crippen molar-refractivity contribution in [1.82, 2.24) is 4.98 Å². The second kappa shape index (κ2) is 11.1. The van der Waals surface area contributed by atoms with Crippen molar-refractivity contribution in [3.05, 3.63) is 77.9 Å². The van der Waals surface area contributed by atoms with Gasteiger partial charge in [-0.05, 0) is 48.7 Å². The largest absolute Gasteiger partial charge is 0.467 e. The standard InChI is InChI=1S/C26H21N3O5S/c1-2-32-25(31)16-29(18-8-4-3-5-9-18)24(30)17-34-26-20(15-27)19(22-10-6-12-33-22)14-21(28-26)23-11-7-13-35-23/h3-14H,2,16-17H2,1H3. The minimum Gasteiger partial charge on any atom is -0.467 e. The van der Waals surface area contributed by atoms with E-state index in [4.69, 9.17) is 13.9 Å². The number of carbonyl (C=O) groups excluding carboxylic acids is 2. The minimum atomic E-state index is -0.541. The van der Waals surface area contributed by atoms with E-state index in [1.165, 1.54) is 22.5 Å². The van der Waals surface area contributed by atoms with E-state index in [2.05, 4.69) is 11.1 Å². The number of nitriles is 1. The summed E-state index contributed by atoms with van der Waals surface area (Å²) in [4.78, 5) is 31.9. The highest BCUT2D eigenvalue weighted by molar-refractivity contribution is 7.13. The number of amides is 1. The van der Waals surface area contributed by atoms with Crippen molar-refractivity contribution in [2.75, 3.05) is 24.7 Å². The molecule has 0 aliphatic heterocycles. The number of ether oxygens (including phenoxy) is 2. The third kappa shape index (κ3) is 5.57. The molecule has 1 aromatic carbocycles. The van der Waals surface area contributed by atoms with Crippen LogP contribution in [0, 0.1) is 11.3 Å². The van der Waals surface area contributed by atoms with Gasteiger partial charge in [-0.1, -0.05) is 24.3 Å². The number of hydrogen-bond acceptors (Lipinski definition) is 8. The van der Waals surface area contributed by atoms with E-state index in [0.29, 0.717) is 22.7 Å². The predicted molar refractivity (Wildman–Crippen MR) is 131 cm³/mol. The van der Waals surface area contributed by atoms with Crippen LogP contribution in [0.15, 0.2) is 76.7 Å². The highest BCUT2D eigenvalue weighted by Gasteiger charge is 2.23. The normalized spacial score (nSPS) is 10.4. The van der Waals surface area contributed by atoms with Gasteiger partial charge in [-0.15, -0.1) is 11.3 Å². The fourth-order valence-corrected chi connectivity index (χ4v) is 4.07. The summed E-state index contributed by atoms with van der Waals surface area (Å²) in [6, 6.07) is 19.9. The maximum Gasteiger partial charge on any atom is 0.326 e. The van der Waals surface area contributed by atoms with Gasteiger partial charge in [0, 0.05) is 11.3 Å². The maximum atomic E-state index is 13.1. The lowest BCUT2D eigenvalue weighted by molar-refractivity contribution is -0.142. The lowest BCUT2D eigenvalue weighted by Gasteiger charge is -2.22. The van der Waals surface area contributed by atoms with Crippen molar-refractivity contribution in [1.29, 1.82) is 5.26 Å². The summed E-state index contributed by atoms with van der Waals surface area (Å²) in [6.45, 7) is 1.18. The van der Waals surface area contributed by atoms with Gasteiger partial charge in [0.25, 0.3) is 5.91 Å². The van der Waals surface area contributed by atoms with Crippen LogP contribution in [0.4, 0.5) is 5.69 Å². The number of thiophene rings is 1. The van der Waals surface area contributed by atoms with Gasteiger partial charge >= 0.3 is 5.97 Å². The first-order chi connectivity index (χ1) is 17.1. The van der Waals surface area contributed by atoms with E-state index in [-0.39, 0.29) is 24.6 Å². The van der Waals surface area contributed by atoms with E-state index in [0.717, 1.165) is 4.88 Å². The van der Waals surface area contributed by atoms with Crippen LogP contribution in [0.25, 0.3) is 21.9 Å². The number of hydrogen-bond donors (Lipinski definition) is 0. The number of rotatable bonds is 9. The highest BCUT2D eigenvalue weighted by Crippen LogP contribution is 2.35. The van der Waals surface area contributed by atoms with Gasteiger partial charge in [0.2, 0.25) is 5.88 Å². The van der Waals surface area contributed by atoms with Crippen LogP contribution < -0.4 is 9.64 Å². The number of aromatic nitrogens is 1. The molecule has 3 aromatic heterocycles. The molecule has 0 atom stereocenters. The molecule has 0 aliphatic carbocycles. The van der Waals surface area contributed by atoms with Gasteiger partial charge < -0.3 is 13.9 Å². The Balaban J connectivity index is 1.65. The van der Waals surface area contributed by atoms with Gasteiger partial charge in [-0.25, -0.2) is 4.98 Å². The second-order valence-corrected chi connectivity index (χ2v) is 8.16. The third-order valence-corrected chi connectivity index (χ3v) is 5.84. The first-order valence-corrected chi connectivity index (χ1v) is 11.7. The molecule has 0 bridgehead atoms. The lowest BCUT2D eigenvalue weighted by atomic mass is 10.1. The molecule has 8 nitrogen and oxygen atoms in total. The Morgan fingerprint density at radius 1 is 1.14 bits per heavy atom. The van der Waals surface area contributed by atoms with Gasteiger partial charge in [-0.2, -0.15) is 5.26 Å². The first kappa shape index (κ1) is 23.7. The van der Waals surface area contributed by atoms with Crippen LogP contribution >= 0.6 is 11.3 Å². The molecule has 0 N–H and O–H groups in total. The molecule has 0 saturated heterocycles. The summed E-state index contributed by atoms with van der Waals surface area (Å²) in [5, 5.41) is 11.8. The zero-order valence-electron chi connectivity index (χ0n) is 18.8. The Kier molecular flexibility index (Phi) is 7.55. The van der Waals surface area contributed by atoms with Crippen molar-refractivity contribution in [2.24, 2.45) is 0 Å². The molecular formula is C26H21N3O5S. The molecule has 0 fully saturated rings. The van der Waals surface area contributed by atoms with E-state index < -0.39 is 18.5 Å². The van der Waals surface area contributed by atoms with Crippen molar-refractivity contribution in [3.8, 4) is 33.8 Å². The molecule has 1 amide bonds. The van der Waals surface area contributed by atoms with Crippen LogP contribution in [0.2, 0.25) is 0 Å². The summed E-state index contributed by atoms with van der Waals surface area (Å²) in [6.07, 6.45) is 1.51. The summed E-state index contributed by atoms with van der Waals surface area (Å²) in [5.41, 5.74) is 1.75. The number of para-hydroxylation sites is 1. The lowest BCUT2D eigenvalue weighted by Crippen LogP contribution is -2.39. The van der Waals surface area contributed by atoms with Crippen molar-refractivity contribution in [3.63, 3.8) is 0 Å². The molecule has 4 rings (SSSR count). The Hall–Kier alpha value is -4.42. The number of esters is 1. The van der Waals surface area contributed by atoms with Crippen LogP contribution in [0.3, 0.4) is 0 Å². The molecule has 4 aromatic rings. The van der Waals surface area contributed by atoms with Gasteiger partial charge in [0.15, 0.2) is 6.61 Å². The number of pyridine rings is 1. The number of benzene rings is 1. The van der Waals surface area contributed by atoms with Crippen molar-refractivity contribution in [2.45, 2.75) is 6.92 Å². The molecule has 9 heteroatoms. The van der Waals surface area contributed by atoms with Crippen LogP contribution in [-0.4, -0.2) is 36.6 Å². The van der Waals surface area contributed by atoms with E-state index in [1.54, 1.807) is 49.4 Å². The predicted octanol–water partition coefficient (Wildman–Crippen LogP) is 4.92. The summed E-state index contributed by atoms with van der Waals surface area (Å²) < 4.78 is 16.3. The quantitative estimate of drug-likeness (QED) is 0.309. The third-order valence-electron chi connectivity index (χ3n) is 4.95. The average molecular weight is 488 g/mol. The van der Waals surface area contributed by atoms with Gasteiger partial charge in [-0.3, -0.25) is 14.5 Å². The Morgan fingerprint density at radius 2 is 1.97 bits per heavy atom. The SMILES string of the molecule is CCOC(=O)CN(C(=O)COc1nc(-c2cccs2)cc(-c2ccco2)c1C#N)c1ccccc1. The summed E-state index contributed by atoms with van der Waals surface area (Å²) in [5.74, 6) is -0.551. The smallest absolute Gasteiger partial charge is 0.326 e. The topological polar surface area (TPSA) is 106 Å². The van der Waals surface area contributed by atoms with Crippen LogP contribution in [0.5, 0.6) is 5.88 Å². The molecular weight excluding hydrogens is 466 g/mol. The number of nitrogens with zero attached hydrogens (tertiary/aromatic N) is 3. The van der Waals surface area contributed by atoms with Crippen molar-refractivity contribution < 1.29 is 23.5 Å². The Bertz CT molecular complexity index is 1330. The molecule has 0 unspecified atom stereocenters. The van der Waals surface area contributed by atoms with E-state index in [9.17, 15) is 14.9 Å².